The molecular formula is C20H26N2O2. The number of methoxy groups -OCH3 is 1. The highest BCUT2D eigenvalue weighted by atomic mass is 16.5. The quantitative estimate of drug-likeness (QED) is 0.624. The molecule has 0 aliphatic carbocycles. The highest BCUT2D eigenvalue weighted by molar-refractivity contribution is 5.82. The smallest absolute Gasteiger partial charge is 0.123 e. The van der Waals surface area contributed by atoms with E-state index < -0.39 is 0 Å². The Balaban J connectivity index is 1.90. The van der Waals surface area contributed by atoms with Gasteiger partial charge in [0.05, 0.1) is 19.0 Å². The van der Waals surface area contributed by atoms with E-state index in [0.29, 0.717) is 18.9 Å². The molecule has 128 valence electrons. The van der Waals surface area contributed by atoms with Crippen molar-refractivity contribution in [2.75, 3.05) is 13.7 Å². The molecule has 0 spiro atoms. The van der Waals surface area contributed by atoms with Crippen molar-refractivity contribution in [2.45, 2.75) is 33.2 Å². The maximum Gasteiger partial charge on any atom is 0.123 e. The van der Waals surface area contributed by atoms with Crippen molar-refractivity contribution < 1.29 is 9.47 Å². The molecular weight excluding hydrogens is 300 g/mol. The standard InChI is InChI=1S/C20H26N2O2/c1-14-8-9-17(10-15(14)2)11-20(21)22-16(3)13-24-19-7-5-6-18(12-19)23-4/h5-10,12,16H,11,13H2,1-4H3,(H2,21,22). The molecule has 0 saturated carbocycles. The molecule has 0 heterocycles. The maximum absolute atomic E-state index is 6.08. The third kappa shape index (κ3) is 5.30. The van der Waals surface area contributed by atoms with Crippen molar-refractivity contribution in [1.29, 1.82) is 0 Å². The van der Waals surface area contributed by atoms with Crippen molar-refractivity contribution >= 4 is 5.84 Å². The van der Waals surface area contributed by atoms with Crippen LogP contribution in [0, 0.1) is 13.8 Å². The Kier molecular flexibility index (Phi) is 6.24. The number of amidine groups is 1. The van der Waals surface area contributed by atoms with Crippen molar-refractivity contribution in [3.63, 3.8) is 0 Å². The Morgan fingerprint density at radius 3 is 2.54 bits per heavy atom. The van der Waals surface area contributed by atoms with Gasteiger partial charge in [0.1, 0.15) is 18.1 Å². The molecule has 2 N–H and O–H groups in total. The van der Waals surface area contributed by atoms with Gasteiger partial charge < -0.3 is 15.2 Å². The first-order chi connectivity index (χ1) is 11.5. The molecule has 24 heavy (non-hydrogen) atoms. The number of aliphatic imine (C=N–C) groups is 1. The van der Waals surface area contributed by atoms with Crippen molar-refractivity contribution in [3.05, 3.63) is 59.2 Å². The fraction of sp³-hybridized carbons (Fsp3) is 0.350. The number of aryl methyl sites for hydroxylation is 2. The Labute approximate surface area is 144 Å². The third-order valence-electron chi connectivity index (χ3n) is 3.88. The summed E-state index contributed by atoms with van der Waals surface area (Å²) in [6.07, 6.45) is 0.657. The van der Waals surface area contributed by atoms with Crippen LogP contribution in [0.25, 0.3) is 0 Å². The van der Waals surface area contributed by atoms with Crippen LogP contribution in [0.3, 0.4) is 0 Å². The lowest BCUT2D eigenvalue weighted by atomic mass is 10.0. The molecule has 1 unspecified atom stereocenters. The van der Waals surface area contributed by atoms with E-state index >= 15 is 0 Å². The molecule has 0 saturated heterocycles. The SMILES string of the molecule is COc1cccc(OCC(C)N=C(N)Cc2ccc(C)c(C)c2)c1. The van der Waals surface area contributed by atoms with Gasteiger partial charge in [-0.05, 0) is 49.6 Å². The van der Waals surface area contributed by atoms with Crippen LogP contribution >= 0.6 is 0 Å². The topological polar surface area (TPSA) is 56.8 Å². The Morgan fingerprint density at radius 1 is 1.08 bits per heavy atom. The summed E-state index contributed by atoms with van der Waals surface area (Å²) in [5.74, 6) is 2.17. The van der Waals surface area contributed by atoms with Crippen LogP contribution in [-0.4, -0.2) is 25.6 Å². The molecule has 2 aromatic carbocycles. The summed E-state index contributed by atoms with van der Waals surface area (Å²) in [5, 5.41) is 0. The van der Waals surface area contributed by atoms with Gasteiger partial charge in [0, 0.05) is 12.5 Å². The van der Waals surface area contributed by atoms with Crippen LogP contribution in [0.5, 0.6) is 11.5 Å². The fourth-order valence-corrected chi connectivity index (χ4v) is 2.40. The molecule has 0 aliphatic rings. The van der Waals surface area contributed by atoms with Gasteiger partial charge in [-0.25, -0.2) is 0 Å². The molecule has 4 nitrogen and oxygen atoms in total. The van der Waals surface area contributed by atoms with Crippen LogP contribution in [0.15, 0.2) is 47.5 Å². The number of hydrogen-bond donors (Lipinski definition) is 1. The zero-order valence-corrected chi connectivity index (χ0v) is 14.9. The summed E-state index contributed by atoms with van der Waals surface area (Å²) >= 11 is 0. The minimum atomic E-state index is -0.0113. The zero-order chi connectivity index (χ0) is 17.5. The average Bonchev–Trinajstić information content (AvgIpc) is 2.56. The Bertz CT molecular complexity index is 711. The monoisotopic (exact) mass is 326 g/mol. The van der Waals surface area contributed by atoms with Crippen molar-refractivity contribution in [3.8, 4) is 11.5 Å². The van der Waals surface area contributed by atoms with Gasteiger partial charge in [0.25, 0.3) is 0 Å². The van der Waals surface area contributed by atoms with Gasteiger partial charge in [-0.1, -0.05) is 24.3 Å². The van der Waals surface area contributed by atoms with Gasteiger partial charge >= 0.3 is 0 Å². The first kappa shape index (κ1) is 17.9. The lowest BCUT2D eigenvalue weighted by molar-refractivity contribution is 0.295. The Hall–Kier alpha value is -2.49. The second kappa shape index (κ2) is 8.39. The Morgan fingerprint density at radius 2 is 1.83 bits per heavy atom. The summed E-state index contributed by atoms with van der Waals surface area (Å²) in [7, 11) is 1.64. The van der Waals surface area contributed by atoms with E-state index in [1.165, 1.54) is 16.7 Å². The zero-order valence-electron chi connectivity index (χ0n) is 14.9. The van der Waals surface area contributed by atoms with E-state index in [1.807, 2.05) is 31.2 Å². The van der Waals surface area contributed by atoms with Gasteiger partial charge in [-0.2, -0.15) is 0 Å². The molecule has 0 radical (unpaired) electrons. The largest absolute Gasteiger partial charge is 0.497 e. The predicted octanol–water partition coefficient (Wildman–Crippen LogP) is 3.68. The minimum Gasteiger partial charge on any atom is -0.497 e. The van der Waals surface area contributed by atoms with E-state index in [2.05, 4.69) is 37.0 Å². The normalized spacial score (nSPS) is 12.8. The summed E-state index contributed by atoms with van der Waals surface area (Å²) in [4.78, 5) is 4.52. The number of hydrogen-bond acceptors (Lipinski definition) is 3. The molecule has 2 aromatic rings. The highest BCUT2D eigenvalue weighted by Crippen LogP contribution is 2.19. The lowest BCUT2D eigenvalue weighted by Crippen LogP contribution is -2.21. The lowest BCUT2D eigenvalue weighted by Gasteiger charge is -2.12. The molecule has 0 bridgehead atoms. The number of nitrogens with two attached hydrogens (primary N) is 1. The van der Waals surface area contributed by atoms with E-state index in [1.54, 1.807) is 7.11 Å². The molecule has 0 amide bonds. The molecule has 2 rings (SSSR count). The third-order valence-corrected chi connectivity index (χ3v) is 3.88. The van der Waals surface area contributed by atoms with Crippen molar-refractivity contribution in [2.24, 2.45) is 10.7 Å². The summed E-state index contributed by atoms with van der Waals surface area (Å²) in [6, 6.07) is 13.9. The molecule has 0 aliphatic heterocycles. The van der Waals surface area contributed by atoms with Crippen LogP contribution < -0.4 is 15.2 Å². The minimum absolute atomic E-state index is 0.0113. The summed E-state index contributed by atoms with van der Waals surface area (Å²) in [6.45, 7) is 6.68. The average molecular weight is 326 g/mol. The number of rotatable bonds is 7. The summed E-state index contributed by atoms with van der Waals surface area (Å²) < 4.78 is 10.9. The van der Waals surface area contributed by atoms with Gasteiger partial charge in [-0.15, -0.1) is 0 Å². The van der Waals surface area contributed by atoms with E-state index in [0.717, 1.165) is 11.5 Å². The van der Waals surface area contributed by atoms with Crippen LogP contribution in [0.2, 0.25) is 0 Å². The van der Waals surface area contributed by atoms with Crippen LogP contribution in [0.4, 0.5) is 0 Å². The number of ether oxygens (including phenoxy) is 2. The molecule has 0 aromatic heterocycles. The fourth-order valence-electron chi connectivity index (χ4n) is 2.40. The van der Waals surface area contributed by atoms with E-state index in [-0.39, 0.29) is 6.04 Å². The van der Waals surface area contributed by atoms with Crippen molar-refractivity contribution in [1.82, 2.24) is 0 Å². The highest BCUT2D eigenvalue weighted by Gasteiger charge is 2.05. The molecule has 1 atom stereocenters. The first-order valence-electron chi connectivity index (χ1n) is 8.13. The second-order valence-corrected chi connectivity index (χ2v) is 6.05. The number of nitrogens with zero attached hydrogens (tertiary/aromatic N) is 1. The first-order valence-corrected chi connectivity index (χ1v) is 8.13. The summed E-state index contributed by atoms with van der Waals surface area (Å²) in [5.41, 5.74) is 9.82. The van der Waals surface area contributed by atoms with Crippen LogP contribution in [0.1, 0.15) is 23.6 Å². The molecule has 4 heteroatoms. The van der Waals surface area contributed by atoms with Gasteiger partial charge in [-0.3, -0.25) is 4.99 Å². The van der Waals surface area contributed by atoms with Gasteiger partial charge in [0.2, 0.25) is 0 Å². The molecule has 0 fully saturated rings. The van der Waals surface area contributed by atoms with E-state index in [9.17, 15) is 0 Å². The predicted molar refractivity (Wildman–Crippen MR) is 99.2 cm³/mol. The van der Waals surface area contributed by atoms with Crippen LogP contribution in [-0.2, 0) is 6.42 Å². The van der Waals surface area contributed by atoms with Gasteiger partial charge in [0.15, 0.2) is 0 Å². The maximum atomic E-state index is 6.08. The number of benzene rings is 2. The second-order valence-electron chi connectivity index (χ2n) is 6.05. The van der Waals surface area contributed by atoms with E-state index in [4.69, 9.17) is 15.2 Å².